The van der Waals surface area contributed by atoms with Crippen molar-refractivity contribution in [1.29, 1.82) is 5.26 Å². The van der Waals surface area contributed by atoms with Gasteiger partial charge in [-0.2, -0.15) is 5.26 Å². The molecule has 2 heterocycles. The molecule has 0 radical (unpaired) electrons. The molecule has 1 saturated heterocycles. The molecule has 2 aromatic rings. The van der Waals surface area contributed by atoms with Gasteiger partial charge in [0.2, 0.25) is 10.0 Å². The van der Waals surface area contributed by atoms with Crippen molar-refractivity contribution in [3.8, 4) is 6.07 Å². The Kier molecular flexibility index (Phi) is 5.29. The van der Waals surface area contributed by atoms with Crippen LogP contribution in [0.2, 0.25) is 0 Å². The molecule has 1 aromatic heterocycles. The molecule has 8 heteroatoms. The molecule has 0 saturated carbocycles. The van der Waals surface area contributed by atoms with Gasteiger partial charge in [-0.1, -0.05) is 12.6 Å². The smallest absolute Gasteiger partial charge is 0.250 e. The fourth-order valence-corrected chi connectivity index (χ4v) is 4.91. The molecular formula is C20H22N4O3S. The molecular weight excluding hydrogens is 376 g/mol. The summed E-state index contributed by atoms with van der Waals surface area (Å²) in [5.74, 6) is -0.171. The van der Waals surface area contributed by atoms with Crippen molar-refractivity contribution >= 4 is 27.3 Å². The summed E-state index contributed by atoms with van der Waals surface area (Å²) in [5.41, 5.74) is 3.35. The molecule has 1 aliphatic rings. The maximum absolute atomic E-state index is 12.6. The first-order chi connectivity index (χ1) is 13.3. The largest absolute Gasteiger partial charge is 0.340 e. The van der Waals surface area contributed by atoms with Gasteiger partial charge in [-0.15, -0.1) is 0 Å². The number of carbonyl (C=O) groups is 1. The first-order valence-electron chi connectivity index (χ1n) is 8.88. The molecule has 0 N–H and O–H groups in total. The highest BCUT2D eigenvalue weighted by Crippen LogP contribution is 2.29. The van der Waals surface area contributed by atoms with Crippen LogP contribution in [0.25, 0.3) is 0 Å². The van der Waals surface area contributed by atoms with Gasteiger partial charge in [0.05, 0.1) is 18.0 Å². The molecule has 0 unspecified atom stereocenters. The summed E-state index contributed by atoms with van der Waals surface area (Å²) in [5, 5.41) is 9.24. The van der Waals surface area contributed by atoms with E-state index in [0.29, 0.717) is 30.0 Å². The van der Waals surface area contributed by atoms with Crippen LogP contribution in [-0.4, -0.2) is 31.2 Å². The van der Waals surface area contributed by atoms with Crippen LogP contribution in [0.1, 0.15) is 23.4 Å². The number of aromatic nitrogens is 1. The van der Waals surface area contributed by atoms with Crippen molar-refractivity contribution in [2.45, 2.75) is 19.9 Å². The number of benzene rings is 1. The second-order valence-electron chi connectivity index (χ2n) is 6.70. The number of rotatable bonds is 5. The van der Waals surface area contributed by atoms with Crippen LogP contribution in [0, 0.1) is 18.3 Å². The molecule has 0 spiro atoms. The summed E-state index contributed by atoms with van der Waals surface area (Å²) in [6.45, 7) is 6.15. The average Bonchev–Trinajstić information content (AvgIpc) is 3.18. The molecule has 0 atom stereocenters. The minimum atomic E-state index is -3.31. The van der Waals surface area contributed by atoms with Crippen molar-refractivity contribution in [3.05, 3.63) is 59.9 Å². The zero-order valence-electron chi connectivity index (χ0n) is 15.9. The summed E-state index contributed by atoms with van der Waals surface area (Å²) < 4.78 is 27.6. The van der Waals surface area contributed by atoms with E-state index in [9.17, 15) is 18.5 Å². The molecule has 7 nitrogen and oxygen atoms in total. The number of sulfonamides is 1. The molecule has 0 bridgehead atoms. The number of anilines is 2. The summed E-state index contributed by atoms with van der Waals surface area (Å²) in [4.78, 5) is 14.1. The van der Waals surface area contributed by atoms with Gasteiger partial charge in [-0.3, -0.25) is 9.10 Å². The monoisotopic (exact) mass is 398 g/mol. The predicted molar refractivity (Wildman–Crippen MR) is 108 cm³/mol. The van der Waals surface area contributed by atoms with Crippen molar-refractivity contribution in [1.82, 2.24) is 4.57 Å². The van der Waals surface area contributed by atoms with Crippen molar-refractivity contribution in [3.63, 3.8) is 0 Å². The van der Waals surface area contributed by atoms with Crippen LogP contribution < -0.4 is 9.21 Å². The highest BCUT2D eigenvalue weighted by molar-refractivity contribution is 7.93. The molecule has 28 heavy (non-hydrogen) atoms. The van der Waals surface area contributed by atoms with E-state index in [2.05, 4.69) is 12.6 Å². The number of hydrogen-bond donors (Lipinski definition) is 0. The quantitative estimate of drug-likeness (QED) is 0.724. The fourth-order valence-electron chi connectivity index (χ4n) is 3.35. The maximum Gasteiger partial charge on any atom is 0.250 e. The molecule has 1 amide bonds. The number of carbonyl (C=O) groups excluding carboxylic acids is 1. The van der Waals surface area contributed by atoms with Crippen LogP contribution in [-0.2, 0) is 28.4 Å². The van der Waals surface area contributed by atoms with Gasteiger partial charge in [0, 0.05) is 25.0 Å². The zero-order valence-corrected chi connectivity index (χ0v) is 16.7. The molecule has 3 rings (SSSR count). The van der Waals surface area contributed by atoms with E-state index in [-0.39, 0.29) is 18.2 Å². The minimum absolute atomic E-state index is 0.132. The lowest BCUT2D eigenvalue weighted by atomic mass is 10.2. The Bertz CT molecular complexity index is 1080. The van der Waals surface area contributed by atoms with E-state index in [1.165, 1.54) is 15.3 Å². The molecule has 1 aromatic carbocycles. The van der Waals surface area contributed by atoms with E-state index in [1.807, 2.05) is 6.92 Å². The lowest BCUT2D eigenvalue weighted by Gasteiger charge is -2.24. The Labute approximate surface area is 165 Å². The van der Waals surface area contributed by atoms with Crippen molar-refractivity contribution in [2.75, 3.05) is 21.5 Å². The minimum Gasteiger partial charge on any atom is -0.340 e. The van der Waals surface area contributed by atoms with Crippen LogP contribution in [0.4, 0.5) is 11.4 Å². The topological polar surface area (TPSA) is 86.4 Å². The Morgan fingerprint density at radius 2 is 2.14 bits per heavy atom. The van der Waals surface area contributed by atoms with Gasteiger partial charge in [-0.25, -0.2) is 8.42 Å². The van der Waals surface area contributed by atoms with E-state index in [1.54, 1.807) is 41.9 Å². The predicted octanol–water partition coefficient (Wildman–Crippen LogP) is 2.46. The lowest BCUT2D eigenvalue weighted by Crippen LogP contribution is -2.29. The molecule has 1 aliphatic heterocycles. The van der Waals surface area contributed by atoms with Crippen LogP contribution in [0.5, 0.6) is 0 Å². The van der Waals surface area contributed by atoms with Crippen LogP contribution in [0.15, 0.2) is 43.0 Å². The highest BCUT2D eigenvalue weighted by atomic mass is 32.2. The number of hydrogen-bond acceptors (Lipinski definition) is 4. The third-order valence-electron chi connectivity index (χ3n) is 5.05. The van der Waals surface area contributed by atoms with E-state index >= 15 is 0 Å². The van der Waals surface area contributed by atoms with E-state index in [0.717, 1.165) is 11.3 Å². The SMILES string of the molecule is C=CC(=O)N(Cc1cc(C#N)n(C)c1C)c1cccc(N2CCCS2(=O)=O)c1. The zero-order chi connectivity index (χ0) is 20.5. The fraction of sp³-hybridized carbons (Fsp3) is 0.300. The summed E-state index contributed by atoms with van der Waals surface area (Å²) in [6, 6.07) is 10.8. The average molecular weight is 398 g/mol. The maximum atomic E-state index is 12.6. The number of nitrogens with zero attached hydrogens (tertiary/aromatic N) is 4. The summed E-state index contributed by atoms with van der Waals surface area (Å²) >= 11 is 0. The number of amides is 1. The van der Waals surface area contributed by atoms with Gasteiger partial charge >= 0.3 is 0 Å². The second kappa shape index (κ2) is 7.52. The Hall–Kier alpha value is -3.05. The van der Waals surface area contributed by atoms with Gasteiger partial charge in [0.1, 0.15) is 11.8 Å². The standard InChI is InChI=1S/C20H22N4O3S/c1-4-20(25)23(14-16-11-19(13-21)22(3)15(16)2)17-7-5-8-18(12-17)24-9-6-10-28(24,26)27/h4-5,7-8,11-12H,1,6,9-10,14H2,2-3H3. The first-order valence-corrected chi connectivity index (χ1v) is 10.5. The molecule has 0 aliphatic carbocycles. The van der Waals surface area contributed by atoms with Gasteiger partial charge in [-0.05, 0) is 49.2 Å². The normalized spacial score (nSPS) is 15.2. The van der Waals surface area contributed by atoms with Crippen LogP contribution in [0.3, 0.4) is 0 Å². The molecule has 146 valence electrons. The van der Waals surface area contributed by atoms with Crippen molar-refractivity contribution in [2.24, 2.45) is 7.05 Å². The van der Waals surface area contributed by atoms with Crippen molar-refractivity contribution < 1.29 is 13.2 Å². The summed E-state index contributed by atoms with van der Waals surface area (Å²) in [7, 11) is -1.51. The third-order valence-corrected chi connectivity index (χ3v) is 6.92. The van der Waals surface area contributed by atoms with E-state index < -0.39 is 10.0 Å². The van der Waals surface area contributed by atoms with Gasteiger partial charge < -0.3 is 9.47 Å². The Balaban J connectivity index is 2.00. The first kappa shape index (κ1) is 19.7. The Morgan fingerprint density at radius 3 is 2.71 bits per heavy atom. The second-order valence-corrected chi connectivity index (χ2v) is 8.71. The molecule has 1 fully saturated rings. The van der Waals surface area contributed by atoms with Gasteiger partial charge in [0.15, 0.2) is 0 Å². The Morgan fingerprint density at radius 1 is 1.39 bits per heavy atom. The van der Waals surface area contributed by atoms with Crippen LogP contribution >= 0.6 is 0 Å². The van der Waals surface area contributed by atoms with E-state index in [4.69, 9.17) is 0 Å². The third kappa shape index (κ3) is 3.53. The number of nitriles is 1. The highest BCUT2D eigenvalue weighted by Gasteiger charge is 2.29. The lowest BCUT2D eigenvalue weighted by molar-refractivity contribution is -0.114. The summed E-state index contributed by atoms with van der Waals surface area (Å²) in [6.07, 6.45) is 1.81. The van der Waals surface area contributed by atoms with Gasteiger partial charge in [0.25, 0.3) is 5.91 Å².